The van der Waals surface area contributed by atoms with E-state index < -0.39 is 0 Å². The summed E-state index contributed by atoms with van der Waals surface area (Å²) in [6.07, 6.45) is 0. The molecule has 90 heavy (non-hydrogen) atoms. The highest BCUT2D eigenvalue weighted by molar-refractivity contribution is 6.30. The number of fused-ring (bicyclic) bond motifs is 16. The SMILES string of the molecule is c1ccc(-c2ccc(-n3c4ccc(-c5ccc(-c6ccc(-n7c8ccccc8c8c9c%10ccccc%10n(-c%10ccc%11ccccc%11c%10)c9ccc87)cc6)cc5)cc4c4c5c6ccccc6n(-c6ccc(-c7ccc8ccccc8c7)cc6)c5ccc43)cc2)cc1. The van der Waals surface area contributed by atoms with Gasteiger partial charge in [-0.3, -0.25) is 0 Å². The minimum atomic E-state index is 1.13. The van der Waals surface area contributed by atoms with Crippen molar-refractivity contribution in [3.8, 4) is 67.3 Å². The zero-order chi connectivity index (χ0) is 59.0. The molecule has 4 heteroatoms. The van der Waals surface area contributed by atoms with Crippen molar-refractivity contribution < 1.29 is 0 Å². The Morgan fingerprint density at radius 1 is 0.144 bits per heavy atom. The molecule has 0 N–H and O–H groups in total. The van der Waals surface area contributed by atoms with E-state index in [1.807, 2.05) is 0 Å². The van der Waals surface area contributed by atoms with Crippen LogP contribution in [0.25, 0.3) is 176 Å². The Hall–Kier alpha value is -12.0. The first-order valence-corrected chi connectivity index (χ1v) is 31.1. The van der Waals surface area contributed by atoms with Crippen molar-refractivity contribution in [2.75, 3.05) is 0 Å². The van der Waals surface area contributed by atoms with Crippen LogP contribution in [0.4, 0.5) is 0 Å². The molecule has 0 fully saturated rings. The summed E-state index contributed by atoms with van der Waals surface area (Å²) in [5.41, 5.74) is 23.5. The predicted molar refractivity (Wildman–Crippen MR) is 381 cm³/mol. The van der Waals surface area contributed by atoms with E-state index in [0.717, 1.165) is 22.7 Å². The van der Waals surface area contributed by atoms with Crippen molar-refractivity contribution in [1.82, 2.24) is 18.3 Å². The molecule has 0 aliphatic carbocycles. The van der Waals surface area contributed by atoms with Gasteiger partial charge < -0.3 is 18.3 Å². The average Bonchev–Trinajstić information content (AvgIpc) is 1.57. The van der Waals surface area contributed by atoms with Crippen LogP contribution in [0, 0.1) is 0 Å². The number of para-hydroxylation sites is 3. The van der Waals surface area contributed by atoms with Gasteiger partial charge in [-0.05, 0) is 175 Å². The molecule has 19 aromatic rings. The number of benzene rings is 15. The second kappa shape index (κ2) is 19.8. The van der Waals surface area contributed by atoms with E-state index in [4.69, 9.17) is 0 Å². The lowest BCUT2D eigenvalue weighted by Crippen LogP contribution is -1.95. The maximum atomic E-state index is 2.46. The second-order valence-corrected chi connectivity index (χ2v) is 24.0. The second-order valence-electron chi connectivity index (χ2n) is 24.0. The quantitative estimate of drug-likeness (QED) is 0.144. The highest BCUT2D eigenvalue weighted by Gasteiger charge is 2.24. The molecule has 0 saturated heterocycles. The van der Waals surface area contributed by atoms with Gasteiger partial charge in [0.15, 0.2) is 0 Å². The summed E-state index contributed by atoms with van der Waals surface area (Å²) in [5, 5.41) is 15.0. The maximum Gasteiger partial charge on any atom is 0.0548 e. The molecular weight excluding hydrogens is 1090 g/mol. The van der Waals surface area contributed by atoms with Gasteiger partial charge in [-0.15, -0.1) is 0 Å². The van der Waals surface area contributed by atoms with Crippen LogP contribution in [0.3, 0.4) is 0 Å². The fourth-order valence-electron chi connectivity index (χ4n) is 15.0. The Balaban J connectivity index is 0.709. The molecule has 0 radical (unpaired) electrons. The van der Waals surface area contributed by atoms with Gasteiger partial charge in [0.05, 0.1) is 44.1 Å². The Labute approximate surface area is 518 Å². The molecule has 0 bridgehead atoms. The zero-order valence-electron chi connectivity index (χ0n) is 49.0. The average molecular weight is 1140 g/mol. The molecule has 0 amide bonds. The van der Waals surface area contributed by atoms with Crippen LogP contribution in [-0.4, -0.2) is 18.3 Å². The summed E-state index contributed by atoms with van der Waals surface area (Å²) in [5.74, 6) is 0. The van der Waals surface area contributed by atoms with Gasteiger partial charge in [-0.1, -0.05) is 218 Å². The van der Waals surface area contributed by atoms with Crippen molar-refractivity contribution in [3.63, 3.8) is 0 Å². The zero-order valence-corrected chi connectivity index (χ0v) is 49.0. The van der Waals surface area contributed by atoms with Crippen LogP contribution in [0.2, 0.25) is 0 Å². The van der Waals surface area contributed by atoms with E-state index in [2.05, 4.69) is 346 Å². The monoisotopic (exact) mass is 1140 g/mol. The minimum Gasteiger partial charge on any atom is -0.309 e. The number of aromatic nitrogens is 4. The lowest BCUT2D eigenvalue weighted by atomic mass is 9.98. The van der Waals surface area contributed by atoms with E-state index in [1.165, 1.54) is 153 Å². The molecule has 4 nitrogen and oxygen atoms in total. The van der Waals surface area contributed by atoms with E-state index >= 15 is 0 Å². The van der Waals surface area contributed by atoms with Crippen LogP contribution in [0.1, 0.15) is 0 Å². The van der Waals surface area contributed by atoms with Crippen molar-refractivity contribution in [3.05, 3.63) is 328 Å². The predicted octanol–water partition coefficient (Wildman–Crippen LogP) is 23.0. The topological polar surface area (TPSA) is 19.7 Å². The van der Waals surface area contributed by atoms with Gasteiger partial charge in [-0.25, -0.2) is 0 Å². The molecular formula is C86H54N4. The third-order valence-corrected chi connectivity index (χ3v) is 19.1. The molecule has 0 spiro atoms. The Bertz CT molecular complexity index is 6100. The Kier molecular flexibility index (Phi) is 11.0. The highest BCUT2D eigenvalue weighted by atomic mass is 15.0. The molecule has 0 aliphatic rings. The first-order chi connectivity index (χ1) is 44.6. The van der Waals surface area contributed by atoms with Gasteiger partial charge in [0.25, 0.3) is 0 Å². The first kappa shape index (κ1) is 50.2. The Morgan fingerprint density at radius 2 is 0.422 bits per heavy atom. The summed E-state index contributed by atoms with van der Waals surface area (Å²) in [7, 11) is 0. The van der Waals surface area contributed by atoms with Crippen molar-refractivity contribution in [2.45, 2.75) is 0 Å². The van der Waals surface area contributed by atoms with E-state index in [-0.39, 0.29) is 0 Å². The van der Waals surface area contributed by atoms with Gasteiger partial charge in [0, 0.05) is 65.8 Å². The van der Waals surface area contributed by atoms with Crippen LogP contribution in [0.5, 0.6) is 0 Å². The normalized spacial score (nSPS) is 12.0. The number of rotatable bonds is 8. The molecule has 0 saturated carbocycles. The highest BCUT2D eigenvalue weighted by Crippen LogP contribution is 2.46. The van der Waals surface area contributed by atoms with Crippen LogP contribution in [-0.2, 0) is 0 Å². The largest absolute Gasteiger partial charge is 0.309 e. The van der Waals surface area contributed by atoms with Crippen LogP contribution < -0.4 is 0 Å². The van der Waals surface area contributed by atoms with Gasteiger partial charge in [0.1, 0.15) is 0 Å². The van der Waals surface area contributed by atoms with E-state index in [1.54, 1.807) is 0 Å². The third kappa shape index (κ3) is 7.68. The van der Waals surface area contributed by atoms with Crippen molar-refractivity contribution in [2.24, 2.45) is 0 Å². The van der Waals surface area contributed by atoms with Crippen molar-refractivity contribution in [1.29, 1.82) is 0 Å². The standard InChI is InChI=1S/C86H54N4/c1-2-14-55(15-3-1)59-32-40-69(41-33-59)89-78-47-39-66(54-74(78)86-82(89)51-49-80-85(86)72-21-9-12-24-76(72)88(80)68-44-36-62(37-45-68)65-31-30-56-16-4-6-18-63(56)52-65)61-28-26-58(27-29-61)60-34-42-67(43-35-60)87-75-23-11-8-20-71(75)83-79(87)48-50-81-84(83)73-22-10-13-25-77(73)90(81)70-46-38-57-17-5-7-19-64(57)53-70/h1-54H. The summed E-state index contributed by atoms with van der Waals surface area (Å²) < 4.78 is 9.81. The third-order valence-electron chi connectivity index (χ3n) is 19.1. The number of hydrogen-bond acceptors (Lipinski definition) is 0. The summed E-state index contributed by atoms with van der Waals surface area (Å²) in [6, 6.07) is 121. The molecule has 0 unspecified atom stereocenters. The molecule has 4 aromatic heterocycles. The van der Waals surface area contributed by atoms with Crippen LogP contribution >= 0.6 is 0 Å². The van der Waals surface area contributed by atoms with Crippen molar-refractivity contribution >= 4 is 109 Å². The lowest BCUT2D eigenvalue weighted by molar-refractivity contribution is 1.17. The maximum absolute atomic E-state index is 2.46. The molecule has 4 heterocycles. The minimum absolute atomic E-state index is 1.13. The Morgan fingerprint density at radius 3 is 0.889 bits per heavy atom. The first-order valence-electron chi connectivity index (χ1n) is 31.1. The fourth-order valence-corrected chi connectivity index (χ4v) is 15.0. The van der Waals surface area contributed by atoms with Gasteiger partial charge >= 0.3 is 0 Å². The fraction of sp³-hybridized carbons (Fsp3) is 0. The smallest absolute Gasteiger partial charge is 0.0548 e. The molecule has 15 aromatic carbocycles. The van der Waals surface area contributed by atoms with Gasteiger partial charge in [0.2, 0.25) is 0 Å². The van der Waals surface area contributed by atoms with E-state index in [9.17, 15) is 0 Å². The van der Waals surface area contributed by atoms with Gasteiger partial charge in [-0.2, -0.15) is 0 Å². The summed E-state index contributed by atoms with van der Waals surface area (Å²) in [6.45, 7) is 0. The van der Waals surface area contributed by atoms with Crippen LogP contribution in [0.15, 0.2) is 328 Å². The molecule has 0 aliphatic heterocycles. The molecule has 19 rings (SSSR count). The number of hydrogen-bond donors (Lipinski definition) is 0. The molecule has 0 atom stereocenters. The lowest BCUT2D eigenvalue weighted by Gasteiger charge is -2.11. The summed E-state index contributed by atoms with van der Waals surface area (Å²) in [4.78, 5) is 0. The summed E-state index contributed by atoms with van der Waals surface area (Å²) >= 11 is 0. The molecule has 418 valence electrons. The van der Waals surface area contributed by atoms with E-state index in [0.29, 0.717) is 0 Å². The number of nitrogens with zero attached hydrogens (tertiary/aromatic N) is 4.